The molecule has 7 nitrogen and oxygen atoms in total. The molecule has 1 aliphatic heterocycles. The molecule has 0 unspecified atom stereocenters. The molecule has 0 saturated heterocycles. The summed E-state index contributed by atoms with van der Waals surface area (Å²) in [6, 6.07) is 13.3. The first-order valence-corrected chi connectivity index (χ1v) is 9.86. The average Bonchev–Trinajstić information content (AvgIpc) is 3.32. The van der Waals surface area contributed by atoms with Gasteiger partial charge in [-0.05, 0) is 18.2 Å². The molecule has 154 valence electrons. The van der Waals surface area contributed by atoms with Gasteiger partial charge in [0, 0.05) is 66.5 Å². The largest absolute Gasteiger partial charge is 0.350 e. The van der Waals surface area contributed by atoms with E-state index in [-0.39, 0.29) is 5.91 Å². The Balaban J connectivity index is 1.78. The van der Waals surface area contributed by atoms with Crippen molar-refractivity contribution in [3.63, 3.8) is 0 Å². The summed E-state index contributed by atoms with van der Waals surface area (Å²) in [6.45, 7) is 1.45. The zero-order valence-corrected chi connectivity index (χ0v) is 17.3. The number of anilines is 1. The molecule has 0 saturated carbocycles. The number of fused-ring (bicyclic) bond motifs is 2. The van der Waals surface area contributed by atoms with Gasteiger partial charge in [0.05, 0.1) is 16.7 Å². The van der Waals surface area contributed by atoms with Crippen LogP contribution in [0.4, 0.5) is 5.69 Å². The lowest BCUT2D eigenvalue weighted by Gasteiger charge is -2.05. The molecule has 0 bridgehead atoms. The van der Waals surface area contributed by atoms with E-state index in [0.29, 0.717) is 22.4 Å². The van der Waals surface area contributed by atoms with Gasteiger partial charge in [-0.15, -0.1) is 0 Å². The van der Waals surface area contributed by atoms with Gasteiger partial charge in [0.25, 0.3) is 11.8 Å². The Hall–Kier alpha value is -4.13. The van der Waals surface area contributed by atoms with Gasteiger partial charge in [-0.2, -0.15) is 0 Å². The number of imide groups is 1. The van der Waals surface area contributed by atoms with E-state index in [1.807, 2.05) is 72.0 Å². The monoisotopic (exact) mass is 412 g/mol. The van der Waals surface area contributed by atoms with E-state index in [2.05, 4.69) is 10.6 Å². The second kappa shape index (κ2) is 6.70. The number of hydrogen-bond acceptors (Lipinski definition) is 3. The Labute approximate surface area is 177 Å². The lowest BCUT2D eigenvalue weighted by molar-refractivity contribution is -0.123. The molecule has 3 amide bonds. The van der Waals surface area contributed by atoms with Crippen molar-refractivity contribution in [1.29, 1.82) is 0 Å². The molecule has 0 fully saturated rings. The normalized spacial score (nSPS) is 14.0. The van der Waals surface area contributed by atoms with E-state index in [9.17, 15) is 14.4 Å². The second-order valence-electron chi connectivity index (χ2n) is 7.77. The fourth-order valence-electron chi connectivity index (χ4n) is 4.37. The van der Waals surface area contributed by atoms with E-state index >= 15 is 0 Å². The molecule has 1 aliphatic rings. The molecule has 2 aromatic heterocycles. The van der Waals surface area contributed by atoms with Crippen LogP contribution in [0.1, 0.15) is 18.1 Å². The number of hydrogen-bond donors (Lipinski definition) is 2. The summed E-state index contributed by atoms with van der Waals surface area (Å²) in [4.78, 5) is 37.2. The highest BCUT2D eigenvalue weighted by molar-refractivity contribution is 6.50. The van der Waals surface area contributed by atoms with Crippen LogP contribution in [0.25, 0.3) is 33.0 Å². The van der Waals surface area contributed by atoms with Crippen LogP contribution in [0.15, 0.2) is 54.9 Å². The highest BCUT2D eigenvalue weighted by atomic mass is 16.2. The minimum absolute atomic E-state index is 0.157. The van der Waals surface area contributed by atoms with Crippen molar-refractivity contribution in [2.45, 2.75) is 6.92 Å². The van der Waals surface area contributed by atoms with E-state index in [4.69, 9.17) is 0 Å². The van der Waals surface area contributed by atoms with Gasteiger partial charge in [-0.3, -0.25) is 19.7 Å². The van der Waals surface area contributed by atoms with Gasteiger partial charge in [-0.1, -0.05) is 24.3 Å². The maximum atomic E-state index is 12.9. The smallest absolute Gasteiger partial charge is 0.259 e. The molecule has 0 radical (unpaired) electrons. The summed E-state index contributed by atoms with van der Waals surface area (Å²) >= 11 is 0. The number of aryl methyl sites for hydroxylation is 2. The average molecular weight is 412 g/mol. The lowest BCUT2D eigenvalue weighted by Crippen LogP contribution is -2.22. The van der Waals surface area contributed by atoms with Crippen LogP contribution in [0.5, 0.6) is 0 Å². The van der Waals surface area contributed by atoms with Crippen LogP contribution in [0.3, 0.4) is 0 Å². The second-order valence-corrected chi connectivity index (χ2v) is 7.77. The fourth-order valence-corrected chi connectivity index (χ4v) is 4.37. The van der Waals surface area contributed by atoms with Crippen molar-refractivity contribution < 1.29 is 14.4 Å². The number of carbonyl (C=O) groups is 3. The first-order valence-electron chi connectivity index (χ1n) is 9.86. The van der Waals surface area contributed by atoms with Gasteiger partial charge < -0.3 is 14.5 Å². The Morgan fingerprint density at radius 3 is 2.06 bits per heavy atom. The highest BCUT2D eigenvalue weighted by Crippen LogP contribution is 2.39. The van der Waals surface area contributed by atoms with Crippen LogP contribution in [0, 0.1) is 0 Å². The van der Waals surface area contributed by atoms with Crippen molar-refractivity contribution >= 4 is 56.4 Å². The summed E-state index contributed by atoms with van der Waals surface area (Å²) in [7, 11) is 3.79. The highest BCUT2D eigenvalue weighted by Gasteiger charge is 2.35. The Morgan fingerprint density at radius 2 is 1.42 bits per heavy atom. The first-order chi connectivity index (χ1) is 14.8. The van der Waals surface area contributed by atoms with Crippen LogP contribution in [-0.4, -0.2) is 26.9 Å². The zero-order valence-electron chi connectivity index (χ0n) is 17.3. The van der Waals surface area contributed by atoms with E-state index < -0.39 is 11.8 Å². The molecule has 0 aliphatic carbocycles. The summed E-state index contributed by atoms with van der Waals surface area (Å²) in [5, 5.41) is 6.99. The SMILES string of the molecule is CC(=O)Nc1ccc2c(C3=C(c4cn(C)c5ccccc45)C(=O)NC3=O)cn(C)c2c1. The van der Waals surface area contributed by atoms with Crippen molar-refractivity contribution in [1.82, 2.24) is 14.5 Å². The lowest BCUT2D eigenvalue weighted by atomic mass is 9.95. The van der Waals surface area contributed by atoms with E-state index in [1.165, 1.54) is 6.92 Å². The molecular weight excluding hydrogens is 392 g/mol. The molecule has 31 heavy (non-hydrogen) atoms. The number of nitrogens with one attached hydrogen (secondary N) is 2. The number of benzene rings is 2. The van der Waals surface area contributed by atoms with Gasteiger partial charge in [0.15, 0.2) is 0 Å². The quantitative estimate of drug-likeness (QED) is 0.507. The third kappa shape index (κ3) is 2.85. The molecule has 3 heterocycles. The fraction of sp³-hybridized carbons (Fsp3) is 0.125. The van der Waals surface area contributed by atoms with Crippen molar-refractivity contribution in [2.24, 2.45) is 14.1 Å². The van der Waals surface area contributed by atoms with Gasteiger partial charge in [-0.25, -0.2) is 0 Å². The predicted molar refractivity (Wildman–Crippen MR) is 120 cm³/mol. The summed E-state index contributed by atoms with van der Waals surface area (Å²) in [5.74, 6) is -0.968. The topological polar surface area (TPSA) is 85.1 Å². The maximum absolute atomic E-state index is 12.9. The third-order valence-electron chi connectivity index (χ3n) is 5.68. The van der Waals surface area contributed by atoms with Crippen LogP contribution < -0.4 is 10.6 Å². The van der Waals surface area contributed by atoms with Gasteiger partial charge >= 0.3 is 0 Å². The van der Waals surface area contributed by atoms with Crippen LogP contribution >= 0.6 is 0 Å². The summed E-state index contributed by atoms with van der Waals surface area (Å²) < 4.78 is 3.84. The Bertz CT molecular complexity index is 1470. The molecule has 0 spiro atoms. The Morgan fingerprint density at radius 1 is 0.839 bits per heavy atom. The standard InChI is InChI=1S/C24H20N4O3/c1-13(29)25-14-8-9-16-18(12-28(3)20(16)10-14)22-21(23(30)26-24(22)31)17-11-27(2)19-7-5-4-6-15(17)19/h4-12H,1-3H3,(H,25,29)(H,26,30,31). The molecule has 2 N–H and O–H groups in total. The summed E-state index contributed by atoms with van der Waals surface area (Å²) in [6.07, 6.45) is 3.74. The number of rotatable bonds is 3. The molecule has 4 aromatic rings. The summed E-state index contributed by atoms with van der Waals surface area (Å²) in [5.41, 5.74) is 4.64. The number of amides is 3. The molecule has 0 atom stereocenters. The Kier molecular flexibility index (Phi) is 4.08. The number of carbonyl (C=O) groups excluding carboxylic acids is 3. The molecule has 5 rings (SSSR count). The molecular formula is C24H20N4O3. The predicted octanol–water partition coefficient (Wildman–Crippen LogP) is 3.20. The van der Waals surface area contributed by atoms with Crippen LogP contribution in [-0.2, 0) is 28.5 Å². The van der Waals surface area contributed by atoms with Crippen molar-refractivity contribution in [3.05, 3.63) is 66.0 Å². The van der Waals surface area contributed by atoms with Crippen LogP contribution in [0.2, 0.25) is 0 Å². The molecule has 2 aromatic carbocycles. The number of para-hydroxylation sites is 1. The minimum Gasteiger partial charge on any atom is -0.350 e. The van der Waals surface area contributed by atoms with Crippen molar-refractivity contribution in [3.8, 4) is 0 Å². The number of aromatic nitrogens is 2. The van der Waals surface area contributed by atoms with Crippen molar-refractivity contribution in [2.75, 3.05) is 5.32 Å². The van der Waals surface area contributed by atoms with E-state index in [0.717, 1.165) is 27.4 Å². The zero-order chi connectivity index (χ0) is 21.9. The molecule has 7 heteroatoms. The maximum Gasteiger partial charge on any atom is 0.259 e. The number of nitrogens with zero attached hydrogens (tertiary/aromatic N) is 2. The van der Waals surface area contributed by atoms with Gasteiger partial charge in [0.1, 0.15) is 0 Å². The third-order valence-corrected chi connectivity index (χ3v) is 5.68. The minimum atomic E-state index is -0.411. The first kappa shape index (κ1) is 18.9. The van der Waals surface area contributed by atoms with E-state index in [1.54, 1.807) is 6.07 Å². The van der Waals surface area contributed by atoms with Gasteiger partial charge in [0.2, 0.25) is 5.91 Å².